The van der Waals surface area contributed by atoms with E-state index >= 15 is 0 Å². The maximum Gasteiger partial charge on any atom is 0.306 e. The van der Waals surface area contributed by atoms with E-state index in [1.54, 1.807) is 0 Å². The number of carboxylic acids is 1. The van der Waals surface area contributed by atoms with E-state index in [1.807, 2.05) is 0 Å². The Morgan fingerprint density at radius 1 is 1.47 bits per heavy atom. The summed E-state index contributed by atoms with van der Waals surface area (Å²) in [4.78, 5) is 22.5. The molecule has 1 saturated heterocycles. The Balaban J connectivity index is 2.40. The summed E-state index contributed by atoms with van der Waals surface area (Å²) in [5.74, 6) is -0.693. The molecule has 19 heavy (non-hydrogen) atoms. The fourth-order valence-electron chi connectivity index (χ4n) is 2.36. The first-order chi connectivity index (χ1) is 8.84. The lowest BCUT2D eigenvalue weighted by Gasteiger charge is -2.30. The molecule has 0 radical (unpaired) electrons. The Bertz CT molecular complexity index is 331. The van der Waals surface area contributed by atoms with E-state index < -0.39 is 11.6 Å². The van der Waals surface area contributed by atoms with Gasteiger partial charge >= 0.3 is 5.97 Å². The lowest BCUT2D eigenvalue weighted by Crippen LogP contribution is -2.52. The monoisotopic (exact) mass is 272 g/mol. The molecule has 1 aliphatic heterocycles. The Kier molecular flexibility index (Phi) is 5.75. The second-order valence-corrected chi connectivity index (χ2v) is 5.59. The number of carboxylic acid groups (broad SMARTS) is 1. The van der Waals surface area contributed by atoms with Gasteiger partial charge in [0.25, 0.3) is 0 Å². The topological polar surface area (TPSA) is 98.7 Å². The van der Waals surface area contributed by atoms with Crippen molar-refractivity contribution in [3.8, 4) is 0 Å². The molecule has 4 N–H and O–H groups in total. The van der Waals surface area contributed by atoms with E-state index in [2.05, 4.69) is 17.6 Å². The van der Waals surface area contributed by atoms with Crippen LogP contribution in [0.15, 0.2) is 0 Å². The first-order valence-corrected chi connectivity index (χ1v) is 6.79. The van der Waals surface area contributed by atoms with Gasteiger partial charge in [0.2, 0.25) is 5.91 Å². The second kappa shape index (κ2) is 6.86. The van der Waals surface area contributed by atoms with E-state index in [4.69, 9.17) is 5.11 Å². The number of nitrogens with one attached hydrogen (secondary N) is 2. The van der Waals surface area contributed by atoms with Crippen molar-refractivity contribution in [3.63, 3.8) is 0 Å². The highest BCUT2D eigenvalue weighted by molar-refractivity contribution is 5.82. The van der Waals surface area contributed by atoms with Gasteiger partial charge in [0, 0.05) is 6.54 Å². The highest BCUT2D eigenvalue weighted by Crippen LogP contribution is 2.19. The van der Waals surface area contributed by atoms with Crippen LogP contribution in [0.1, 0.15) is 39.5 Å². The van der Waals surface area contributed by atoms with Gasteiger partial charge in [-0.15, -0.1) is 0 Å². The zero-order chi connectivity index (χ0) is 14.5. The van der Waals surface area contributed by atoms with Crippen molar-refractivity contribution >= 4 is 11.9 Å². The Hall–Kier alpha value is -1.14. The third-order valence-corrected chi connectivity index (χ3v) is 3.58. The van der Waals surface area contributed by atoms with Gasteiger partial charge in [0.1, 0.15) is 0 Å². The van der Waals surface area contributed by atoms with Crippen LogP contribution in [0.4, 0.5) is 0 Å². The lowest BCUT2D eigenvalue weighted by atomic mass is 9.90. The largest absolute Gasteiger partial charge is 0.481 e. The first kappa shape index (κ1) is 15.9. The SMILES string of the molecule is CCC1CCNC(C(=O)NCC(C)(O)CC(=O)O)C1. The van der Waals surface area contributed by atoms with Crippen LogP contribution in [0.25, 0.3) is 0 Å². The van der Waals surface area contributed by atoms with Crippen LogP contribution >= 0.6 is 0 Å². The molecule has 1 fully saturated rings. The average molecular weight is 272 g/mol. The lowest BCUT2D eigenvalue weighted by molar-refractivity contribution is -0.142. The molecule has 6 nitrogen and oxygen atoms in total. The summed E-state index contributed by atoms with van der Waals surface area (Å²) in [6, 6.07) is -0.237. The molecule has 0 saturated carbocycles. The fourth-order valence-corrected chi connectivity index (χ4v) is 2.36. The molecule has 0 aromatic heterocycles. The van der Waals surface area contributed by atoms with Crippen molar-refractivity contribution in [2.45, 2.75) is 51.2 Å². The van der Waals surface area contributed by atoms with Gasteiger partial charge in [-0.3, -0.25) is 9.59 Å². The number of carbonyl (C=O) groups excluding carboxylic acids is 1. The van der Waals surface area contributed by atoms with Crippen molar-refractivity contribution in [2.24, 2.45) is 5.92 Å². The van der Waals surface area contributed by atoms with Crippen LogP contribution in [0.5, 0.6) is 0 Å². The van der Waals surface area contributed by atoms with Crippen LogP contribution < -0.4 is 10.6 Å². The fraction of sp³-hybridized carbons (Fsp3) is 0.846. The molecule has 1 aliphatic rings. The van der Waals surface area contributed by atoms with Gasteiger partial charge in [-0.2, -0.15) is 0 Å². The molecular weight excluding hydrogens is 248 g/mol. The molecule has 1 rings (SSSR count). The Labute approximate surface area is 113 Å². The summed E-state index contributed by atoms with van der Waals surface area (Å²) in [6.45, 7) is 4.29. The van der Waals surface area contributed by atoms with Crippen molar-refractivity contribution < 1.29 is 19.8 Å². The van der Waals surface area contributed by atoms with E-state index in [1.165, 1.54) is 6.92 Å². The summed E-state index contributed by atoms with van der Waals surface area (Å²) < 4.78 is 0. The number of aliphatic hydroxyl groups is 1. The maximum absolute atomic E-state index is 12.0. The third-order valence-electron chi connectivity index (χ3n) is 3.58. The van der Waals surface area contributed by atoms with Crippen molar-refractivity contribution in [3.05, 3.63) is 0 Å². The van der Waals surface area contributed by atoms with Crippen molar-refractivity contribution in [1.82, 2.24) is 10.6 Å². The second-order valence-electron chi connectivity index (χ2n) is 5.59. The highest BCUT2D eigenvalue weighted by Gasteiger charge is 2.29. The third kappa shape index (κ3) is 5.57. The summed E-state index contributed by atoms with van der Waals surface area (Å²) in [5, 5.41) is 24.2. The molecule has 0 aromatic carbocycles. The van der Waals surface area contributed by atoms with E-state index in [9.17, 15) is 14.7 Å². The van der Waals surface area contributed by atoms with Crippen LogP contribution in [-0.2, 0) is 9.59 Å². The Morgan fingerprint density at radius 3 is 2.74 bits per heavy atom. The standard InChI is InChI=1S/C13H24N2O4/c1-3-9-4-5-14-10(6-9)12(18)15-8-13(2,19)7-11(16)17/h9-10,14,19H,3-8H2,1-2H3,(H,15,18)(H,16,17). The minimum absolute atomic E-state index is 0.0485. The Morgan fingerprint density at radius 2 is 2.16 bits per heavy atom. The van der Waals surface area contributed by atoms with Crippen molar-refractivity contribution in [1.29, 1.82) is 0 Å². The average Bonchev–Trinajstić information content (AvgIpc) is 2.34. The number of hydrogen-bond donors (Lipinski definition) is 4. The van der Waals surface area contributed by atoms with Gasteiger partial charge in [-0.1, -0.05) is 13.3 Å². The van der Waals surface area contributed by atoms with Crippen LogP contribution in [0, 0.1) is 5.92 Å². The van der Waals surface area contributed by atoms with Crippen molar-refractivity contribution in [2.75, 3.05) is 13.1 Å². The molecule has 3 atom stereocenters. The van der Waals surface area contributed by atoms with E-state index in [0.29, 0.717) is 5.92 Å². The summed E-state index contributed by atoms with van der Waals surface area (Å²) in [5.41, 5.74) is -1.42. The maximum atomic E-state index is 12.0. The predicted octanol–water partition coefficient (Wildman–Crippen LogP) is 0.107. The zero-order valence-electron chi connectivity index (χ0n) is 11.6. The number of aliphatic carboxylic acids is 1. The summed E-state index contributed by atoms with van der Waals surface area (Å²) >= 11 is 0. The number of piperidine rings is 1. The molecule has 0 spiro atoms. The van der Waals surface area contributed by atoms with Crippen LogP contribution in [0.2, 0.25) is 0 Å². The number of rotatable bonds is 6. The molecule has 1 amide bonds. The normalized spacial score (nSPS) is 26.5. The molecule has 3 unspecified atom stereocenters. The molecule has 1 heterocycles. The minimum Gasteiger partial charge on any atom is -0.481 e. The molecule has 6 heteroatoms. The van der Waals surface area contributed by atoms with Crippen LogP contribution in [-0.4, -0.2) is 46.8 Å². The predicted molar refractivity (Wildman–Crippen MR) is 70.7 cm³/mol. The van der Waals surface area contributed by atoms with Gasteiger partial charge in [0.15, 0.2) is 0 Å². The first-order valence-electron chi connectivity index (χ1n) is 6.79. The highest BCUT2D eigenvalue weighted by atomic mass is 16.4. The van der Waals surface area contributed by atoms with Gasteiger partial charge in [-0.05, 0) is 32.2 Å². The number of amides is 1. The minimum atomic E-state index is -1.42. The van der Waals surface area contributed by atoms with Gasteiger partial charge in [-0.25, -0.2) is 0 Å². The molecule has 0 aromatic rings. The summed E-state index contributed by atoms with van der Waals surface area (Å²) in [6.07, 6.45) is 2.55. The molecule has 0 bridgehead atoms. The molecule has 110 valence electrons. The number of carbonyl (C=O) groups is 2. The zero-order valence-corrected chi connectivity index (χ0v) is 11.6. The van der Waals surface area contributed by atoms with E-state index in [-0.39, 0.29) is 24.9 Å². The number of hydrogen-bond acceptors (Lipinski definition) is 4. The molecular formula is C13H24N2O4. The quantitative estimate of drug-likeness (QED) is 0.550. The van der Waals surface area contributed by atoms with Crippen LogP contribution in [0.3, 0.4) is 0 Å². The van der Waals surface area contributed by atoms with E-state index in [0.717, 1.165) is 25.8 Å². The summed E-state index contributed by atoms with van der Waals surface area (Å²) in [7, 11) is 0. The smallest absolute Gasteiger partial charge is 0.306 e. The van der Waals surface area contributed by atoms with Gasteiger partial charge in [0.05, 0.1) is 18.1 Å². The van der Waals surface area contributed by atoms with Gasteiger partial charge < -0.3 is 20.8 Å². The molecule has 0 aliphatic carbocycles.